The van der Waals surface area contributed by atoms with Gasteiger partial charge in [0.1, 0.15) is 0 Å². The summed E-state index contributed by atoms with van der Waals surface area (Å²) in [6, 6.07) is 4.84. The summed E-state index contributed by atoms with van der Waals surface area (Å²) in [6.07, 6.45) is 0. The molecule has 0 unspecified atom stereocenters. The van der Waals surface area contributed by atoms with Crippen molar-refractivity contribution in [3.63, 3.8) is 0 Å². The first kappa shape index (κ1) is 15.9. The maximum atomic E-state index is 11.9. The Labute approximate surface area is 123 Å². The van der Waals surface area contributed by atoms with Gasteiger partial charge in [0.05, 0.1) is 17.1 Å². The standard InChI is InChI=1S/C13H17ClN2O2S/c1-13(2,3)16-11(17)7-15-12(18)9-6-8(19)4-5-10(9)14/h4-6,19H,7H2,1-3H3,(H,15,18)(H,16,17). The van der Waals surface area contributed by atoms with Gasteiger partial charge in [0.25, 0.3) is 5.91 Å². The monoisotopic (exact) mass is 300 g/mol. The van der Waals surface area contributed by atoms with Crippen LogP contribution in [0.4, 0.5) is 0 Å². The molecule has 1 rings (SSSR count). The van der Waals surface area contributed by atoms with Gasteiger partial charge in [-0.25, -0.2) is 0 Å². The van der Waals surface area contributed by atoms with Gasteiger partial charge in [0.15, 0.2) is 0 Å². The van der Waals surface area contributed by atoms with Crippen molar-refractivity contribution in [2.45, 2.75) is 31.2 Å². The van der Waals surface area contributed by atoms with Gasteiger partial charge in [0.2, 0.25) is 5.91 Å². The highest BCUT2D eigenvalue weighted by Crippen LogP contribution is 2.19. The summed E-state index contributed by atoms with van der Waals surface area (Å²) >= 11 is 10.1. The van der Waals surface area contributed by atoms with Crippen LogP contribution in [0.15, 0.2) is 23.1 Å². The van der Waals surface area contributed by atoms with E-state index in [1.54, 1.807) is 18.2 Å². The van der Waals surface area contributed by atoms with Crippen molar-refractivity contribution in [1.29, 1.82) is 0 Å². The van der Waals surface area contributed by atoms with Crippen LogP contribution in [0.3, 0.4) is 0 Å². The van der Waals surface area contributed by atoms with E-state index in [0.29, 0.717) is 15.5 Å². The Morgan fingerprint density at radius 1 is 1.32 bits per heavy atom. The summed E-state index contributed by atoms with van der Waals surface area (Å²) in [4.78, 5) is 24.1. The number of rotatable bonds is 3. The first-order valence-corrected chi connectivity index (χ1v) is 6.59. The molecule has 104 valence electrons. The van der Waals surface area contributed by atoms with Gasteiger partial charge in [0, 0.05) is 10.4 Å². The minimum absolute atomic E-state index is 0.0940. The van der Waals surface area contributed by atoms with Gasteiger partial charge in [-0.05, 0) is 39.0 Å². The SMILES string of the molecule is CC(C)(C)NC(=O)CNC(=O)c1cc(S)ccc1Cl. The molecule has 1 aromatic rings. The lowest BCUT2D eigenvalue weighted by molar-refractivity contribution is -0.121. The second-order valence-electron chi connectivity index (χ2n) is 5.15. The number of amides is 2. The van der Waals surface area contributed by atoms with Crippen LogP contribution in [0.5, 0.6) is 0 Å². The molecule has 0 saturated heterocycles. The van der Waals surface area contributed by atoms with Crippen molar-refractivity contribution in [2.24, 2.45) is 0 Å². The number of carbonyl (C=O) groups excluding carboxylic acids is 2. The van der Waals surface area contributed by atoms with Crippen molar-refractivity contribution >= 4 is 36.0 Å². The molecule has 0 heterocycles. The fraction of sp³-hybridized carbons (Fsp3) is 0.385. The first-order chi connectivity index (χ1) is 8.69. The van der Waals surface area contributed by atoms with Crippen LogP contribution >= 0.6 is 24.2 Å². The molecule has 0 fully saturated rings. The molecule has 6 heteroatoms. The predicted octanol–water partition coefficient (Wildman–Crippen LogP) is 2.27. The summed E-state index contributed by atoms with van der Waals surface area (Å²) in [5, 5.41) is 5.60. The zero-order valence-corrected chi connectivity index (χ0v) is 12.7. The van der Waals surface area contributed by atoms with E-state index < -0.39 is 5.91 Å². The second kappa shape index (κ2) is 6.30. The zero-order valence-electron chi connectivity index (χ0n) is 11.1. The number of hydrogen-bond donors (Lipinski definition) is 3. The van der Waals surface area contributed by atoms with E-state index in [4.69, 9.17) is 11.6 Å². The Kier molecular flexibility index (Phi) is 5.26. The predicted molar refractivity (Wildman–Crippen MR) is 78.9 cm³/mol. The highest BCUT2D eigenvalue weighted by Gasteiger charge is 2.15. The summed E-state index contributed by atoms with van der Waals surface area (Å²) in [7, 11) is 0. The summed E-state index contributed by atoms with van der Waals surface area (Å²) in [5.41, 5.74) is -0.0254. The minimum atomic E-state index is -0.398. The van der Waals surface area contributed by atoms with E-state index in [1.165, 1.54) is 0 Å². The van der Waals surface area contributed by atoms with Crippen molar-refractivity contribution < 1.29 is 9.59 Å². The number of carbonyl (C=O) groups is 2. The number of nitrogens with one attached hydrogen (secondary N) is 2. The maximum Gasteiger partial charge on any atom is 0.253 e. The van der Waals surface area contributed by atoms with Crippen LogP contribution < -0.4 is 10.6 Å². The lowest BCUT2D eigenvalue weighted by atomic mass is 10.1. The first-order valence-electron chi connectivity index (χ1n) is 5.77. The van der Waals surface area contributed by atoms with Crippen LogP contribution in [0.2, 0.25) is 5.02 Å². The molecule has 0 aliphatic heterocycles. The molecule has 2 N–H and O–H groups in total. The van der Waals surface area contributed by atoms with Crippen LogP contribution in [0.1, 0.15) is 31.1 Å². The molecule has 0 aliphatic carbocycles. The van der Waals surface area contributed by atoms with Gasteiger partial charge < -0.3 is 10.6 Å². The molecule has 19 heavy (non-hydrogen) atoms. The van der Waals surface area contributed by atoms with E-state index in [2.05, 4.69) is 23.3 Å². The van der Waals surface area contributed by atoms with E-state index >= 15 is 0 Å². The Hall–Kier alpha value is -1.20. The lowest BCUT2D eigenvalue weighted by Crippen LogP contribution is -2.45. The van der Waals surface area contributed by atoms with Crippen molar-refractivity contribution in [3.05, 3.63) is 28.8 Å². The van der Waals surface area contributed by atoms with E-state index in [-0.39, 0.29) is 18.0 Å². The Bertz CT molecular complexity index is 498. The average Bonchev–Trinajstić information content (AvgIpc) is 2.27. The molecule has 0 atom stereocenters. The summed E-state index contributed by atoms with van der Waals surface area (Å²) in [6.45, 7) is 5.51. The normalized spacial score (nSPS) is 11.0. The average molecular weight is 301 g/mol. The van der Waals surface area contributed by atoms with Crippen LogP contribution in [0, 0.1) is 0 Å². The maximum absolute atomic E-state index is 11.9. The second-order valence-corrected chi connectivity index (χ2v) is 6.07. The molecule has 0 aliphatic rings. The third-order valence-corrected chi connectivity index (χ3v) is 2.73. The van der Waals surface area contributed by atoms with Gasteiger partial charge in [-0.2, -0.15) is 0 Å². The molecule has 0 spiro atoms. The van der Waals surface area contributed by atoms with Crippen molar-refractivity contribution in [3.8, 4) is 0 Å². The molecular formula is C13H17ClN2O2S. The highest BCUT2D eigenvalue weighted by atomic mass is 35.5. The third-order valence-electron chi connectivity index (χ3n) is 2.12. The topological polar surface area (TPSA) is 58.2 Å². The number of hydrogen-bond acceptors (Lipinski definition) is 3. The van der Waals surface area contributed by atoms with E-state index in [1.807, 2.05) is 20.8 Å². The van der Waals surface area contributed by atoms with Crippen molar-refractivity contribution in [2.75, 3.05) is 6.54 Å². The highest BCUT2D eigenvalue weighted by molar-refractivity contribution is 7.80. The smallest absolute Gasteiger partial charge is 0.253 e. The molecular weight excluding hydrogens is 284 g/mol. The van der Waals surface area contributed by atoms with Crippen LogP contribution in [-0.4, -0.2) is 23.9 Å². The number of thiol groups is 1. The van der Waals surface area contributed by atoms with E-state index in [9.17, 15) is 9.59 Å². The van der Waals surface area contributed by atoms with Crippen molar-refractivity contribution in [1.82, 2.24) is 10.6 Å². The quantitative estimate of drug-likeness (QED) is 0.750. The molecule has 0 bridgehead atoms. The van der Waals surface area contributed by atoms with Gasteiger partial charge >= 0.3 is 0 Å². The molecule has 0 aromatic heterocycles. The Morgan fingerprint density at radius 2 is 1.95 bits per heavy atom. The van der Waals surface area contributed by atoms with E-state index in [0.717, 1.165) is 0 Å². The Morgan fingerprint density at radius 3 is 2.53 bits per heavy atom. The fourth-order valence-corrected chi connectivity index (χ4v) is 1.81. The zero-order chi connectivity index (χ0) is 14.6. The number of halogens is 1. The summed E-state index contributed by atoms with van der Waals surface area (Å²) < 4.78 is 0. The van der Waals surface area contributed by atoms with Crippen LogP contribution in [-0.2, 0) is 4.79 Å². The van der Waals surface area contributed by atoms with Crippen LogP contribution in [0.25, 0.3) is 0 Å². The molecule has 1 aromatic carbocycles. The lowest BCUT2D eigenvalue weighted by Gasteiger charge is -2.20. The van der Waals surface area contributed by atoms with Gasteiger partial charge in [-0.3, -0.25) is 9.59 Å². The molecule has 2 amide bonds. The molecule has 0 saturated carbocycles. The largest absolute Gasteiger partial charge is 0.350 e. The molecule has 0 radical (unpaired) electrons. The minimum Gasteiger partial charge on any atom is -0.350 e. The fourth-order valence-electron chi connectivity index (χ4n) is 1.41. The van der Waals surface area contributed by atoms with Gasteiger partial charge in [-0.1, -0.05) is 11.6 Å². The van der Waals surface area contributed by atoms with Gasteiger partial charge in [-0.15, -0.1) is 12.6 Å². The summed E-state index contributed by atoms with van der Waals surface area (Å²) in [5.74, 6) is -0.649. The Balaban J connectivity index is 2.61. The molecule has 4 nitrogen and oxygen atoms in total. The number of benzene rings is 1. The third kappa shape index (κ3) is 5.53.